The summed E-state index contributed by atoms with van der Waals surface area (Å²) in [4.78, 5) is 0. The Kier molecular flexibility index (Phi) is 1.73. The summed E-state index contributed by atoms with van der Waals surface area (Å²) in [5, 5.41) is 0. The third-order valence-corrected chi connectivity index (χ3v) is 4.11. The molecular formula is C12H20O3. The monoisotopic (exact) mass is 212 g/mol. The summed E-state index contributed by atoms with van der Waals surface area (Å²) < 4.78 is 18.2. The van der Waals surface area contributed by atoms with Gasteiger partial charge >= 0.3 is 0 Å². The van der Waals surface area contributed by atoms with Gasteiger partial charge in [0, 0.05) is 0 Å². The molecule has 0 radical (unpaired) electrons. The highest BCUT2D eigenvalue weighted by Crippen LogP contribution is 2.55. The molecule has 3 saturated heterocycles. The van der Waals surface area contributed by atoms with E-state index in [1.165, 1.54) is 6.42 Å². The third kappa shape index (κ3) is 1.23. The van der Waals surface area contributed by atoms with E-state index in [1.807, 2.05) is 13.8 Å². The van der Waals surface area contributed by atoms with E-state index in [0.717, 1.165) is 12.8 Å². The van der Waals surface area contributed by atoms with Crippen molar-refractivity contribution in [2.24, 2.45) is 0 Å². The van der Waals surface area contributed by atoms with Crippen LogP contribution in [0.2, 0.25) is 0 Å². The van der Waals surface area contributed by atoms with E-state index >= 15 is 0 Å². The van der Waals surface area contributed by atoms with Gasteiger partial charge in [0.1, 0.15) is 12.2 Å². The molecule has 3 aliphatic rings. The maximum atomic E-state index is 6.18. The zero-order valence-electron chi connectivity index (χ0n) is 10.0. The molecule has 3 fully saturated rings. The first kappa shape index (κ1) is 10.1. The molecule has 4 atom stereocenters. The number of hydrogen-bond acceptors (Lipinski definition) is 3. The van der Waals surface area contributed by atoms with Crippen molar-refractivity contribution in [2.45, 2.75) is 76.2 Å². The Morgan fingerprint density at radius 2 is 1.33 bits per heavy atom. The van der Waals surface area contributed by atoms with E-state index in [0.29, 0.717) is 0 Å². The van der Waals surface area contributed by atoms with Gasteiger partial charge in [-0.05, 0) is 47.0 Å². The second kappa shape index (κ2) is 2.58. The van der Waals surface area contributed by atoms with Crippen molar-refractivity contribution in [2.75, 3.05) is 0 Å². The van der Waals surface area contributed by atoms with Gasteiger partial charge in [0.05, 0.1) is 11.2 Å². The Balaban J connectivity index is 1.99. The Morgan fingerprint density at radius 3 is 1.80 bits per heavy atom. The van der Waals surface area contributed by atoms with Crippen molar-refractivity contribution < 1.29 is 14.2 Å². The molecule has 0 aromatic heterocycles. The van der Waals surface area contributed by atoms with Crippen molar-refractivity contribution in [1.29, 1.82) is 0 Å². The SMILES string of the molecule is CC1(C)OC2[C@H](O1)C1(C)CCC[C@]2(C)O1. The molecule has 3 rings (SSSR count). The normalized spacial score (nSPS) is 56.8. The molecule has 0 spiro atoms. The van der Waals surface area contributed by atoms with Crippen molar-refractivity contribution in [1.82, 2.24) is 0 Å². The van der Waals surface area contributed by atoms with Crippen molar-refractivity contribution in [3.63, 3.8) is 0 Å². The van der Waals surface area contributed by atoms with E-state index in [9.17, 15) is 0 Å². The molecule has 86 valence electrons. The summed E-state index contributed by atoms with van der Waals surface area (Å²) in [5.74, 6) is -0.445. The molecule has 0 aromatic carbocycles. The van der Waals surface area contributed by atoms with Gasteiger partial charge in [-0.1, -0.05) is 0 Å². The van der Waals surface area contributed by atoms with E-state index in [-0.39, 0.29) is 23.4 Å². The van der Waals surface area contributed by atoms with Gasteiger partial charge in [-0.3, -0.25) is 0 Å². The lowest BCUT2D eigenvalue weighted by atomic mass is 9.94. The first-order chi connectivity index (χ1) is 6.85. The Morgan fingerprint density at radius 1 is 0.867 bits per heavy atom. The third-order valence-electron chi connectivity index (χ3n) is 4.11. The maximum absolute atomic E-state index is 6.18. The molecular weight excluding hydrogens is 192 g/mol. The van der Waals surface area contributed by atoms with Crippen LogP contribution in [0.5, 0.6) is 0 Å². The first-order valence-electron chi connectivity index (χ1n) is 5.91. The van der Waals surface area contributed by atoms with Crippen molar-refractivity contribution in [3.05, 3.63) is 0 Å². The molecule has 3 aliphatic heterocycles. The molecule has 0 aliphatic carbocycles. The summed E-state index contributed by atoms with van der Waals surface area (Å²) >= 11 is 0. The van der Waals surface area contributed by atoms with Crippen LogP contribution in [0.15, 0.2) is 0 Å². The summed E-state index contributed by atoms with van der Waals surface area (Å²) in [5.41, 5.74) is -0.267. The topological polar surface area (TPSA) is 27.7 Å². The largest absolute Gasteiger partial charge is 0.363 e. The highest BCUT2D eigenvalue weighted by molar-refractivity contribution is 5.13. The molecule has 3 heteroatoms. The predicted molar refractivity (Wildman–Crippen MR) is 55.6 cm³/mol. The standard InChI is InChI=1S/C12H20O3/c1-10(2)13-8-9(14-10)12(4)7-5-6-11(8,3)15-12/h8-9H,5-7H2,1-4H3/t8-,9?,11?,12-/m0/s1. The molecule has 3 heterocycles. The van der Waals surface area contributed by atoms with Gasteiger partial charge in [-0.15, -0.1) is 0 Å². The van der Waals surface area contributed by atoms with Crippen LogP contribution < -0.4 is 0 Å². The van der Waals surface area contributed by atoms with Gasteiger partial charge in [-0.25, -0.2) is 0 Å². The molecule has 15 heavy (non-hydrogen) atoms. The lowest BCUT2D eigenvalue weighted by Crippen LogP contribution is -2.44. The van der Waals surface area contributed by atoms with Crippen LogP contribution in [0.25, 0.3) is 0 Å². The molecule has 0 N–H and O–H groups in total. The van der Waals surface area contributed by atoms with Crippen molar-refractivity contribution in [3.8, 4) is 0 Å². The minimum Gasteiger partial charge on any atom is -0.363 e. The summed E-state index contributed by atoms with van der Waals surface area (Å²) in [6.45, 7) is 8.32. The average Bonchev–Trinajstić information content (AvgIpc) is 2.47. The summed E-state index contributed by atoms with van der Waals surface area (Å²) in [6, 6.07) is 0. The number of hydrogen-bond donors (Lipinski definition) is 0. The number of fused-ring (bicyclic) bond motifs is 5. The van der Waals surface area contributed by atoms with E-state index in [2.05, 4.69) is 13.8 Å². The van der Waals surface area contributed by atoms with Crippen LogP contribution in [0.4, 0.5) is 0 Å². The van der Waals surface area contributed by atoms with Gasteiger partial charge in [0.2, 0.25) is 0 Å². The Bertz CT molecular complexity index is 275. The van der Waals surface area contributed by atoms with Crippen LogP contribution in [0, 0.1) is 0 Å². The average molecular weight is 212 g/mol. The summed E-state index contributed by atoms with van der Waals surface area (Å²) in [6.07, 6.45) is 3.61. The Hall–Kier alpha value is -0.120. The molecule has 2 unspecified atom stereocenters. The number of rotatable bonds is 0. The second-order valence-electron chi connectivity index (χ2n) is 6.06. The smallest absolute Gasteiger partial charge is 0.164 e. The maximum Gasteiger partial charge on any atom is 0.164 e. The first-order valence-corrected chi connectivity index (χ1v) is 5.91. The van der Waals surface area contributed by atoms with Crippen LogP contribution >= 0.6 is 0 Å². The highest BCUT2D eigenvalue weighted by Gasteiger charge is 2.66. The van der Waals surface area contributed by atoms with Crippen molar-refractivity contribution >= 4 is 0 Å². The second-order valence-corrected chi connectivity index (χ2v) is 6.06. The minimum atomic E-state index is -0.445. The van der Waals surface area contributed by atoms with Gasteiger partial charge in [-0.2, -0.15) is 0 Å². The molecule has 0 amide bonds. The van der Waals surface area contributed by atoms with Crippen LogP contribution in [0.1, 0.15) is 47.0 Å². The zero-order chi connectivity index (χ0) is 10.9. The lowest BCUT2D eigenvalue weighted by molar-refractivity contribution is -0.239. The predicted octanol–water partition coefficient (Wildman–Crippen LogP) is 2.24. The molecule has 3 nitrogen and oxygen atoms in total. The number of ether oxygens (including phenoxy) is 3. The van der Waals surface area contributed by atoms with Gasteiger partial charge < -0.3 is 14.2 Å². The molecule has 0 saturated carbocycles. The highest BCUT2D eigenvalue weighted by atomic mass is 16.8. The zero-order valence-corrected chi connectivity index (χ0v) is 10.0. The van der Waals surface area contributed by atoms with Crippen LogP contribution in [-0.2, 0) is 14.2 Å². The van der Waals surface area contributed by atoms with E-state index in [1.54, 1.807) is 0 Å². The molecule has 0 aromatic rings. The minimum absolute atomic E-state index is 0.111. The van der Waals surface area contributed by atoms with E-state index < -0.39 is 5.79 Å². The fourth-order valence-corrected chi connectivity index (χ4v) is 3.48. The quantitative estimate of drug-likeness (QED) is 0.616. The van der Waals surface area contributed by atoms with Gasteiger partial charge in [0.25, 0.3) is 0 Å². The van der Waals surface area contributed by atoms with Gasteiger partial charge in [0.15, 0.2) is 5.79 Å². The lowest BCUT2D eigenvalue weighted by Gasteiger charge is -2.39. The van der Waals surface area contributed by atoms with Crippen LogP contribution in [-0.4, -0.2) is 29.2 Å². The fraction of sp³-hybridized carbons (Fsp3) is 1.00. The molecule has 2 bridgehead atoms. The van der Waals surface area contributed by atoms with E-state index in [4.69, 9.17) is 14.2 Å². The fourth-order valence-electron chi connectivity index (χ4n) is 3.48. The summed E-state index contributed by atoms with van der Waals surface area (Å²) in [7, 11) is 0. The Labute approximate surface area is 91.1 Å². The van der Waals surface area contributed by atoms with Crippen LogP contribution in [0.3, 0.4) is 0 Å².